The molecule has 222 valence electrons. The first-order valence-corrected chi connectivity index (χ1v) is 14.9. The number of nitrogens with two attached hydrogens (primary N) is 1. The zero-order chi connectivity index (χ0) is 31.5. The van der Waals surface area contributed by atoms with Crippen LogP contribution in [0.4, 0.5) is 22.7 Å². The molecule has 4 rings (SSSR count). The smallest absolute Gasteiger partial charge is 0.296 e. The quantitative estimate of drug-likeness (QED) is 0.0659. The van der Waals surface area contributed by atoms with Crippen LogP contribution in [-0.4, -0.2) is 42.6 Å². The summed E-state index contributed by atoms with van der Waals surface area (Å²) in [6.45, 7) is 1.23. The number of nitrogens with one attached hydrogen (secondary N) is 1. The number of aromatic hydroxyl groups is 2. The molecule has 0 aromatic heterocycles. The maximum absolute atomic E-state index is 12.6. The van der Waals surface area contributed by atoms with Gasteiger partial charge in [0.15, 0.2) is 11.4 Å². The van der Waals surface area contributed by atoms with E-state index in [-0.39, 0.29) is 16.5 Å². The molecular weight excluding hydrogens is 604 g/mol. The minimum Gasteiger partial charge on any atom is -0.510 e. The topological polar surface area (TPSA) is 254 Å². The predicted octanol–water partition coefficient (Wildman–Crippen LogP) is 5.07. The van der Waals surface area contributed by atoms with Gasteiger partial charge in [0.2, 0.25) is 10.0 Å². The van der Waals surface area contributed by atoms with Crippen LogP contribution in [0.15, 0.2) is 115 Å². The van der Waals surface area contributed by atoms with E-state index in [1.807, 2.05) is 0 Å². The Balaban J connectivity index is 1.74. The Labute approximate surface area is 244 Å². The van der Waals surface area contributed by atoms with Crippen LogP contribution >= 0.6 is 0 Å². The maximum Gasteiger partial charge on any atom is 0.296 e. The van der Waals surface area contributed by atoms with Crippen LogP contribution in [0.1, 0.15) is 6.92 Å². The highest BCUT2D eigenvalue weighted by Crippen LogP contribution is 2.43. The lowest BCUT2D eigenvalue weighted by atomic mass is 10.1. The molecule has 0 spiro atoms. The van der Waals surface area contributed by atoms with Gasteiger partial charge < -0.3 is 20.6 Å². The fourth-order valence-electron chi connectivity index (χ4n) is 3.66. The summed E-state index contributed by atoms with van der Waals surface area (Å²) >= 11 is 0. The summed E-state index contributed by atoms with van der Waals surface area (Å²) in [6.07, 6.45) is 0. The van der Waals surface area contributed by atoms with E-state index in [1.54, 1.807) is 30.3 Å². The number of benzene rings is 4. The highest BCUT2D eigenvalue weighted by atomic mass is 32.2. The molecular formula is C26H22N6O9S2. The molecule has 0 bridgehead atoms. The van der Waals surface area contributed by atoms with Gasteiger partial charge in [0, 0.05) is 11.1 Å². The molecule has 7 N–H and O–H groups in total. The second-order valence-electron chi connectivity index (χ2n) is 8.80. The fraction of sp³-hybridized carbons (Fsp3) is 0.0385. The van der Waals surface area contributed by atoms with E-state index in [0.29, 0.717) is 5.69 Å². The van der Waals surface area contributed by atoms with Gasteiger partial charge >= 0.3 is 0 Å². The summed E-state index contributed by atoms with van der Waals surface area (Å²) in [5.41, 5.74) is -1.04. The minimum atomic E-state index is -5.02. The minimum absolute atomic E-state index is 0.0266. The van der Waals surface area contributed by atoms with Crippen molar-refractivity contribution in [2.75, 3.05) is 5.32 Å². The molecule has 0 aliphatic rings. The number of azo groups is 2. The molecule has 15 nitrogen and oxygen atoms in total. The van der Waals surface area contributed by atoms with Crippen LogP contribution in [0.3, 0.4) is 0 Å². The molecule has 0 aliphatic heterocycles. The Morgan fingerprint density at radius 2 is 1.58 bits per heavy atom. The van der Waals surface area contributed by atoms with Crippen LogP contribution in [0.5, 0.6) is 11.5 Å². The number of aliphatic hydroxyl groups excluding tert-OH is 1. The van der Waals surface area contributed by atoms with Gasteiger partial charge in [-0.15, -0.1) is 15.3 Å². The van der Waals surface area contributed by atoms with Gasteiger partial charge in [0.05, 0.1) is 10.6 Å². The molecule has 4 aromatic rings. The predicted molar refractivity (Wildman–Crippen MR) is 154 cm³/mol. The standard InChI is InChI=1S/C26H22N6O9S2/c1-14(33)23(26(36)28-16-5-3-2-4-6-16)31-29-17-7-9-19-15(11-17)12-22(43(39,40)41)24(25(19)35)32-30-20-13-18(42(27,37)38)8-10-21(20)34/h2-13,33-35H,1H3,(H,28,36)(H2,27,37,38)(H,39,40,41). The van der Waals surface area contributed by atoms with Gasteiger partial charge in [-0.05, 0) is 66.9 Å². The summed E-state index contributed by atoms with van der Waals surface area (Å²) in [7, 11) is -9.21. The number of anilines is 1. The van der Waals surface area contributed by atoms with E-state index in [9.17, 15) is 41.5 Å². The van der Waals surface area contributed by atoms with Crippen LogP contribution in [-0.2, 0) is 24.9 Å². The number of phenols is 2. The number of nitrogens with zero attached hydrogens (tertiary/aromatic N) is 4. The van der Waals surface area contributed by atoms with Crippen LogP contribution in [0.2, 0.25) is 0 Å². The number of fused-ring (bicyclic) bond motifs is 1. The van der Waals surface area contributed by atoms with Crippen molar-refractivity contribution >= 4 is 59.6 Å². The van der Waals surface area contributed by atoms with Gasteiger partial charge in [0.1, 0.15) is 27.8 Å². The third kappa shape index (κ3) is 7.16. The Kier molecular flexibility index (Phi) is 8.53. The Morgan fingerprint density at radius 1 is 0.884 bits per heavy atom. The number of primary sulfonamides is 1. The van der Waals surface area contributed by atoms with E-state index in [2.05, 4.69) is 25.8 Å². The molecule has 17 heteroatoms. The molecule has 0 saturated heterocycles. The monoisotopic (exact) mass is 626 g/mol. The van der Waals surface area contributed by atoms with Gasteiger partial charge in [-0.25, -0.2) is 13.6 Å². The van der Waals surface area contributed by atoms with Crippen molar-refractivity contribution in [2.45, 2.75) is 16.7 Å². The molecule has 1 amide bonds. The number of para-hydroxylation sites is 1. The van der Waals surface area contributed by atoms with E-state index in [0.717, 1.165) is 24.3 Å². The summed E-state index contributed by atoms with van der Waals surface area (Å²) in [6, 6.07) is 16.1. The Bertz CT molecular complexity index is 2060. The SMILES string of the molecule is CC(O)=C(N=Nc1ccc2c(O)c(N=Nc3cc(S(N)(=O)=O)ccc3O)c(S(=O)(=O)O)cc2c1)C(=O)Nc1ccccc1. The summed E-state index contributed by atoms with van der Waals surface area (Å²) in [5.74, 6) is -2.46. The molecule has 0 atom stereocenters. The van der Waals surface area contributed by atoms with Crippen molar-refractivity contribution < 1.29 is 41.5 Å². The third-order valence-corrected chi connectivity index (χ3v) is 7.48. The number of phenolic OH excluding ortho intramolecular Hbond substituents is 2. The van der Waals surface area contributed by atoms with Crippen LogP contribution < -0.4 is 10.5 Å². The molecule has 0 saturated carbocycles. The van der Waals surface area contributed by atoms with Crippen LogP contribution in [0.25, 0.3) is 10.8 Å². The number of rotatable bonds is 8. The van der Waals surface area contributed by atoms with Crippen molar-refractivity contribution in [3.8, 4) is 11.5 Å². The molecule has 0 aliphatic carbocycles. The van der Waals surface area contributed by atoms with Gasteiger partial charge in [-0.2, -0.15) is 13.5 Å². The molecule has 43 heavy (non-hydrogen) atoms. The number of allylic oxidation sites excluding steroid dienone is 1. The first-order valence-electron chi connectivity index (χ1n) is 11.9. The number of amides is 1. The number of sulfonamides is 1. The van der Waals surface area contributed by atoms with Gasteiger partial charge in [0.25, 0.3) is 16.0 Å². The van der Waals surface area contributed by atoms with E-state index in [1.165, 1.54) is 25.1 Å². The van der Waals surface area contributed by atoms with Crippen molar-refractivity contribution in [1.82, 2.24) is 0 Å². The normalized spacial score (nSPS) is 13.0. The summed E-state index contributed by atoms with van der Waals surface area (Å²) < 4.78 is 57.5. The zero-order valence-corrected chi connectivity index (χ0v) is 23.6. The van der Waals surface area contributed by atoms with E-state index in [4.69, 9.17) is 5.14 Å². The van der Waals surface area contributed by atoms with Crippen molar-refractivity contribution in [3.05, 3.63) is 84.3 Å². The highest BCUT2D eigenvalue weighted by Gasteiger charge is 2.23. The number of aliphatic hydroxyl groups is 1. The average molecular weight is 627 g/mol. The summed E-state index contributed by atoms with van der Waals surface area (Å²) in [5, 5.41) is 53.6. The number of hydrogen-bond acceptors (Lipinski definition) is 12. The molecule has 0 unspecified atom stereocenters. The number of hydrogen-bond donors (Lipinski definition) is 6. The lowest BCUT2D eigenvalue weighted by Gasteiger charge is -2.09. The second kappa shape index (κ2) is 11.9. The van der Waals surface area contributed by atoms with Gasteiger partial charge in [-0.3, -0.25) is 9.35 Å². The summed E-state index contributed by atoms with van der Waals surface area (Å²) in [4.78, 5) is 11.3. The van der Waals surface area contributed by atoms with Crippen molar-refractivity contribution in [2.24, 2.45) is 25.6 Å². The second-order valence-corrected chi connectivity index (χ2v) is 11.8. The lowest BCUT2D eigenvalue weighted by molar-refractivity contribution is -0.113. The Morgan fingerprint density at radius 3 is 2.21 bits per heavy atom. The first kappa shape index (κ1) is 30.7. The molecule has 4 aromatic carbocycles. The van der Waals surface area contributed by atoms with E-state index >= 15 is 0 Å². The number of carbonyl (C=O) groups is 1. The first-order chi connectivity index (χ1) is 20.1. The highest BCUT2D eigenvalue weighted by molar-refractivity contribution is 7.89. The average Bonchev–Trinajstić information content (AvgIpc) is 2.92. The fourth-order valence-corrected chi connectivity index (χ4v) is 4.85. The number of carbonyl (C=O) groups excluding carboxylic acids is 1. The van der Waals surface area contributed by atoms with Crippen molar-refractivity contribution in [1.29, 1.82) is 0 Å². The lowest BCUT2D eigenvalue weighted by Crippen LogP contribution is -2.14. The third-order valence-electron chi connectivity index (χ3n) is 5.70. The molecule has 0 radical (unpaired) electrons. The molecule has 0 fully saturated rings. The van der Waals surface area contributed by atoms with Crippen molar-refractivity contribution in [3.63, 3.8) is 0 Å². The largest absolute Gasteiger partial charge is 0.510 e. The van der Waals surface area contributed by atoms with E-state index < -0.39 is 70.2 Å². The van der Waals surface area contributed by atoms with Crippen LogP contribution in [0, 0.1) is 0 Å². The molecule has 0 heterocycles. The van der Waals surface area contributed by atoms with Gasteiger partial charge in [-0.1, -0.05) is 18.2 Å². The zero-order valence-electron chi connectivity index (χ0n) is 21.9. The maximum atomic E-state index is 12.6. The Hall–Kier alpha value is -5.23.